The van der Waals surface area contributed by atoms with Gasteiger partial charge in [0.1, 0.15) is 24.7 Å². The minimum atomic E-state index is -0.0931. The highest BCUT2D eigenvalue weighted by Gasteiger charge is 2.09. The lowest BCUT2D eigenvalue weighted by molar-refractivity contribution is 0.0967. The molecule has 1 aromatic carbocycles. The van der Waals surface area contributed by atoms with Crippen LogP contribution in [0.5, 0.6) is 5.75 Å². The summed E-state index contributed by atoms with van der Waals surface area (Å²) in [5.74, 6) is 0.722. The van der Waals surface area contributed by atoms with E-state index in [1.54, 1.807) is 24.3 Å². The Bertz CT molecular complexity index is 640. The number of rotatable bonds is 7. The summed E-state index contributed by atoms with van der Waals surface area (Å²) in [5, 5.41) is 12.5. The fourth-order valence-electron chi connectivity index (χ4n) is 1.73. The Kier molecular flexibility index (Phi) is 5.04. The van der Waals surface area contributed by atoms with Crippen LogP contribution in [0, 0.1) is 11.3 Å². The third-order valence-electron chi connectivity index (χ3n) is 2.88. The molecule has 0 saturated heterocycles. The highest BCUT2D eigenvalue weighted by atomic mass is 16.5. The molecule has 0 fully saturated rings. The normalized spacial score (nSPS) is 10.1. The molecule has 2 rings (SSSR count). The molecule has 0 aliphatic rings. The van der Waals surface area contributed by atoms with Crippen molar-refractivity contribution in [2.75, 3.05) is 6.61 Å². The van der Waals surface area contributed by atoms with Gasteiger partial charge in [-0.25, -0.2) is 9.67 Å². The number of ketones is 1. The molecule has 1 heterocycles. The number of carbonyl (C=O) groups is 1. The highest BCUT2D eigenvalue weighted by Crippen LogP contribution is 2.13. The Labute approximate surface area is 123 Å². The molecule has 0 aliphatic heterocycles. The second-order valence-corrected chi connectivity index (χ2v) is 4.53. The summed E-state index contributed by atoms with van der Waals surface area (Å²) < 4.78 is 6.90. The topological polar surface area (TPSA) is 80.8 Å². The third-order valence-corrected chi connectivity index (χ3v) is 2.88. The summed E-state index contributed by atoms with van der Waals surface area (Å²) in [6.45, 7) is 2.84. The first-order chi connectivity index (χ1) is 10.2. The monoisotopic (exact) mass is 284 g/mol. The fraction of sp³-hybridized carbons (Fsp3) is 0.333. The quantitative estimate of drug-likeness (QED) is 0.575. The van der Waals surface area contributed by atoms with E-state index in [-0.39, 0.29) is 18.2 Å². The average molecular weight is 284 g/mol. The number of ether oxygens (including phenoxy) is 1. The first-order valence-electron chi connectivity index (χ1n) is 6.78. The maximum atomic E-state index is 12.1. The Hall–Kier alpha value is -2.68. The zero-order chi connectivity index (χ0) is 15.1. The van der Waals surface area contributed by atoms with E-state index in [0.29, 0.717) is 12.2 Å². The second kappa shape index (κ2) is 7.20. The van der Waals surface area contributed by atoms with Crippen LogP contribution in [0.2, 0.25) is 0 Å². The van der Waals surface area contributed by atoms with Gasteiger partial charge in [0.2, 0.25) is 0 Å². The van der Waals surface area contributed by atoms with Gasteiger partial charge in [-0.3, -0.25) is 4.79 Å². The van der Waals surface area contributed by atoms with Gasteiger partial charge in [0.15, 0.2) is 5.78 Å². The summed E-state index contributed by atoms with van der Waals surface area (Å²) in [5.41, 5.74) is 0.576. The molecular formula is C15H16N4O2. The van der Waals surface area contributed by atoms with Gasteiger partial charge in [-0.2, -0.15) is 5.26 Å². The second-order valence-electron chi connectivity index (χ2n) is 4.53. The molecule has 21 heavy (non-hydrogen) atoms. The van der Waals surface area contributed by atoms with Gasteiger partial charge < -0.3 is 4.74 Å². The van der Waals surface area contributed by atoms with Crippen LogP contribution in [0.4, 0.5) is 0 Å². The molecule has 6 nitrogen and oxygen atoms in total. The van der Waals surface area contributed by atoms with Crippen LogP contribution < -0.4 is 4.74 Å². The largest absolute Gasteiger partial charge is 0.494 e. The summed E-state index contributed by atoms with van der Waals surface area (Å²) in [6.07, 6.45) is 3.46. The number of nitrogens with zero attached hydrogens (tertiary/aromatic N) is 4. The maximum absolute atomic E-state index is 12.1. The number of hydrogen-bond donors (Lipinski definition) is 0. The molecule has 0 unspecified atom stereocenters. The van der Waals surface area contributed by atoms with Gasteiger partial charge in [-0.05, 0) is 30.7 Å². The summed E-state index contributed by atoms with van der Waals surface area (Å²) in [4.78, 5) is 15.8. The summed E-state index contributed by atoms with van der Waals surface area (Å²) >= 11 is 0. The van der Waals surface area contributed by atoms with Gasteiger partial charge in [0.05, 0.1) is 6.61 Å². The molecule has 0 radical (unpaired) electrons. The van der Waals surface area contributed by atoms with Crippen molar-refractivity contribution < 1.29 is 9.53 Å². The minimum Gasteiger partial charge on any atom is -0.494 e. The van der Waals surface area contributed by atoms with Crippen LogP contribution in [-0.4, -0.2) is 27.2 Å². The number of Topliss-reactive ketones (excluding diaryl/α,β-unsaturated/α-hetero) is 1. The van der Waals surface area contributed by atoms with Gasteiger partial charge in [0, 0.05) is 5.56 Å². The lowest BCUT2D eigenvalue weighted by atomic mass is 10.1. The molecule has 2 aromatic rings. The summed E-state index contributed by atoms with van der Waals surface area (Å²) in [6, 6.07) is 8.84. The first kappa shape index (κ1) is 14.7. The van der Waals surface area contributed by atoms with E-state index in [4.69, 9.17) is 10.00 Å². The Morgan fingerprint density at radius 1 is 1.38 bits per heavy atom. The Morgan fingerprint density at radius 2 is 2.14 bits per heavy atom. The van der Waals surface area contributed by atoms with E-state index < -0.39 is 0 Å². The number of carbonyl (C=O) groups excluding carboxylic acids is 1. The number of aromatic nitrogens is 3. The SMILES string of the molecule is CCCCOc1ccc(C(=O)Cn2cnc(C#N)n2)cc1. The van der Waals surface area contributed by atoms with E-state index in [1.165, 1.54) is 11.0 Å². The predicted octanol–water partition coefficient (Wildman–Crippen LogP) is 2.21. The van der Waals surface area contributed by atoms with Gasteiger partial charge in [0.25, 0.3) is 5.82 Å². The molecule has 6 heteroatoms. The highest BCUT2D eigenvalue weighted by molar-refractivity contribution is 5.95. The van der Waals surface area contributed by atoms with Crippen molar-refractivity contribution >= 4 is 5.78 Å². The molecule has 108 valence electrons. The van der Waals surface area contributed by atoms with E-state index in [2.05, 4.69) is 17.0 Å². The maximum Gasteiger partial charge on any atom is 0.252 e. The third kappa shape index (κ3) is 4.14. The lowest BCUT2D eigenvalue weighted by Crippen LogP contribution is -2.11. The molecule has 0 saturated carbocycles. The zero-order valence-corrected chi connectivity index (χ0v) is 11.8. The van der Waals surface area contributed by atoms with Crippen LogP contribution in [0.15, 0.2) is 30.6 Å². The van der Waals surface area contributed by atoms with Gasteiger partial charge in [-0.15, -0.1) is 5.10 Å². The number of hydrogen-bond acceptors (Lipinski definition) is 5. The zero-order valence-electron chi connectivity index (χ0n) is 11.8. The standard InChI is InChI=1S/C15H16N4O2/c1-2-3-8-21-13-6-4-12(5-7-13)14(20)10-19-11-17-15(9-16)18-19/h4-7,11H,2-3,8,10H2,1H3. The van der Waals surface area contributed by atoms with Crippen LogP contribution >= 0.6 is 0 Å². The number of nitriles is 1. The molecule has 0 bridgehead atoms. The van der Waals surface area contributed by atoms with Crippen LogP contribution in [-0.2, 0) is 6.54 Å². The first-order valence-corrected chi connectivity index (χ1v) is 6.78. The van der Waals surface area contributed by atoms with E-state index in [1.807, 2.05) is 6.07 Å². The predicted molar refractivity (Wildman–Crippen MR) is 75.9 cm³/mol. The average Bonchev–Trinajstić information content (AvgIpc) is 2.96. The smallest absolute Gasteiger partial charge is 0.252 e. The molecule has 1 aromatic heterocycles. The van der Waals surface area contributed by atoms with E-state index >= 15 is 0 Å². The fourth-order valence-corrected chi connectivity index (χ4v) is 1.73. The van der Waals surface area contributed by atoms with Crippen molar-refractivity contribution in [2.24, 2.45) is 0 Å². The molecular weight excluding hydrogens is 268 g/mol. The number of unbranched alkanes of at least 4 members (excludes halogenated alkanes) is 1. The Morgan fingerprint density at radius 3 is 2.76 bits per heavy atom. The molecule has 0 amide bonds. The molecule has 0 aliphatic carbocycles. The van der Waals surface area contributed by atoms with Crippen molar-refractivity contribution in [3.05, 3.63) is 42.0 Å². The lowest BCUT2D eigenvalue weighted by Gasteiger charge is -2.06. The van der Waals surface area contributed by atoms with Crippen molar-refractivity contribution in [3.8, 4) is 11.8 Å². The van der Waals surface area contributed by atoms with Crippen LogP contribution in [0.1, 0.15) is 35.9 Å². The van der Waals surface area contributed by atoms with Crippen LogP contribution in [0.3, 0.4) is 0 Å². The molecule has 0 spiro atoms. The van der Waals surface area contributed by atoms with Crippen LogP contribution in [0.25, 0.3) is 0 Å². The van der Waals surface area contributed by atoms with Crippen molar-refractivity contribution in [1.29, 1.82) is 5.26 Å². The van der Waals surface area contributed by atoms with Crippen molar-refractivity contribution in [1.82, 2.24) is 14.8 Å². The number of benzene rings is 1. The van der Waals surface area contributed by atoms with Crippen molar-refractivity contribution in [3.63, 3.8) is 0 Å². The van der Waals surface area contributed by atoms with E-state index in [0.717, 1.165) is 18.6 Å². The summed E-state index contributed by atoms with van der Waals surface area (Å²) in [7, 11) is 0. The minimum absolute atomic E-state index is 0.0578. The van der Waals surface area contributed by atoms with Crippen molar-refractivity contribution in [2.45, 2.75) is 26.3 Å². The molecule has 0 N–H and O–H groups in total. The molecule has 0 atom stereocenters. The van der Waals surface area contributed by atoms with Gasteiger partial charge >= 0.3 is 0 Å². The van der Waals surface area contributed by atoms with E-state index in [9.17, 15) is 4.79 Å². The Balaban J connectivity index is 1.94. The van der Waals surface area contributed by atoms with Gasteiger partial charge in [-0.1, -0.05) is 13.3 Å².